The van der Waals surface area contributed by atoms with Crippen LogP contribution >= 0.6 is 0 Å². The zero-order valence-corrected chi connectivity index (χ0v) is 18.6. The molecule has 168 valence electrons. The molecule has 10 nitrogen and oxygen atoms in total. The van der Waals surface area contributed by atoms with Crippen LogP contribution in [0.4, 0.5) is 0 Å². The number of imidazole rings is 1. The number of fused-ring (bicyclic) bond motifs is 1. The molecule has 0 unspecified atom stereocenters. The first kappa shape index (κ1) is 22.7. The Balaban J connectivity index is 1.69. The molecule has 0 aliphatic carbocycles. The van der Waals surface area contributed by atoms with E-state index in [9.17, 15) is 22.8 Å². The minimum Gasteiger partial charge on any atom is -0.466 e. The Morgan fingerprint density at radius 2 is 1.90 bits per heavy atom. The Hall–Kier alpha value is -2.95. The molecule has 0 aromatic carbocycles. The van der Waals surface area contributed by atoms with Crippen molar-refractivity contribution in [3.63, 3.8) is 0 Å². The summed E-state index contributed by atoms with van der Waals surface area (Å²) in [5.41, 5.74) is 0.319. The molecule has 3 rings (SSSR count). The smallest absolute Gasteiger partial charge is 0.309 e. The minimum absolute atomic E-state index is 0.0302. The van der Waals surface area contributed by atoms with Crippen molar-refractivity contribution < 1.29 is 27.5 Å². The topological polar surface area (TPSA) is 118 Å². The molecule has 0 N–H and O–H groups in total. The van der Waals surface area contributed by atoms with Crippen LogP contribution in [0.3, 0.4) is 0 Å². The van der Waals surface area contributed by atoms with Gasteiger partial charge in [0.15, 0.2) is 5.69 Å². The lowest BCUT2D eigenvalue weighted by atomic mass is 9.97. The summed E-state index contributed by atoms with van der Waals surface area (Å²) < 4.78 is 30.5. The molecule has 2 aromatic rings. The highest BCUT2D eigenvalue weighted by Gasteiger charge is 2.30. The van der Waals surface area contributed by atoms with E-state index in [1.54, 1.807) is 30.0 Å². The molecule has 0 atom stereocenters. The number of hydrogen-bond acceptors (Lipinski definition) is 7. The first-order chi connectivity index (χ1) is 14.6. The van der Waals surface area contributed by atoms with E-state index in [-0.39, 0.29) is 35.2 Å². The second-order valence-electron chi connectivity index (χ2n) is 7.54. The van der Waals surface area contributed by atoms with E-state index in [1.807, 2.05) is 0 Å². The van der Waals surface area contributed by atoms with Gasteiger partial charge in [0.25, 0.3) is 5.91 Å². The number of carbonyl (C=O) groups excluding carboxylic acids is 3. The fourth-order valence-electron chi connectivity index (χ4n) is 3.61. The number of carbonyl (C=O) groups is 3. The van der Waals surface area contributed by atoms with Crippen molar-refractivity contribution in [3.05, 3.63) is 30.1 Å². The number of aromatic nitrogens is 2. The maximum absolute atomic E-state index is 13.0. The third-order valence-electron chi connectivity index (χ3n) is 5.24. The van der Waals surface area contributed by atoms with Gasteiger partial charge < -0.3 is 14.5 Å². The van der Waals surface area contributed by atoms with Crippen molar-refractivity contribution >= 4 is 33.1 Å². The van der Waals surface area contributed by atoms with Crippen LogP contribution in [0.25, 0.3) is 5.52 Å². The normalized spacial score (nSPS) is 15.1. The number of pyridine rings is 1. The second-order valence-corrected chi connectivity index (χ2v) is 9.45. The molecule has 0 spiro atoms. The molecular formula is C20H26N4O6S. The Bertz CT molecular complexity index is 1100. The highest BCUT2D eigenvalue weighted by atomic mass is 32.2. The third kappa shape index (κ3) is 4.87. The Kier molecular flexibility index (Phi) is 6.63. The number of ether oxygens (including phenoxy) is 1. The third-order valence-corrected chi connectivity index (χ3v) is 6.19. The fraction of sp³-hybridized carbons (Fsp3) is 0.500. The molecule has 1 aliphatic rings. The van der Waals surface area contributed by atoms with Gasteiger partial charge in [-0.2, -0.15) is 0 Å². The summed E-state index contributed by atoms with van der Waals surface area (Å²) in [6.45, 7) is 2.73. The lowest BCUT2D eigenvalue weighted by molar-refractivity contribution is -0.151. The summed E-state index contributed by atoms with van der Waals surface area (Å²) in [4.78, 5) is 44.4. The average molecular weight is 451 g/mol. The van der Waals surface area contributed by atoms with Gasteiger partial charge in [-0.3, -0.25) is 18.8 Å². The summed E-state index contributed by atoms with van der Waals surface area (Å²) in [7, 11) is -2.18. The molecule has 2 amide bonds. The molecule has 2 aromatic heterocycles. The number of likely N-dealkylation sites (tertiary alicyclic amines) is 1. The molecule has 3 heterocycles. The number of piperidine rings is 1. The summed E-state index contributed by atoms with van der Waals surface area (Å²) in [6.07, 6.45) is 3.59. The highest BCUT2D eigenvalue weighted by Crippen LogP contribution is 2.20. The van der Waals surface area contributed by atoms with Gasteiger partial charge >= 0.3 is 5.97 Å². The number of esters is 1. The van der Waals surface area contributed by atoms with Crippen LogP contribution in [0.1, 0.15) is 30.3 Å². The van der Waals surface area contributed by atoms with Crippen LogP contribution in [-0.2, 0) is 24.2 Å². The summed E-state index contributed by atoms with van der Waals surface area (Å²) in [6, 6.07) is 4.92. The second kappa shape index (κ2) is 9.04. The molecule has 0 saturated carbocycles. The molecule has 1 fully saturated rings. The molecule has 0 radical (unpaired) electrons. The zero-order valence-electron chi connectivity index (χ0n) is 17.8. The monoisotopic (exact) mass is 450 g/mol. The molecule has 31 heavy (non-hydrogen) atoms. The number of hydrogen-bond donors (Lipinski definition) is 0. The predicted molar refractivity (Wildman–Crippen MR) is 111 cm³/mol. The van der Waals surface area contributed by atoms with Gasteiger partial charge in [-0.05, 0) is 31.9 Å². The lowest BCUT2D eigenvalue weighted by Gasteiger charge is -2.32. The van der Waals surface area contributed by atoms with E-state index >= 15 is 0 Å². The number of nitrogens with zero attached hydrogens (tertiary/aromatic N) is 4. The van der Waals surface area contributed by atoms with Crippen LogP contribution in [0.5, 0.6) is 0 Å². The van der Waals surface area contributed by atoms with E-state index in [4.69, 9.17) is 4.74 Å². The molecule has 1 aliphatic heterocycles. The molecule has 1 saturated heterocycles. The van der Waals surface area contributed by atoms with Crippen molar-refractivity contribution in [1.82, 2.24) is 19.2 Å². The summed E-state index contributed by atoms with van der Waals surface area (Å²) >= 11 is 0. The largest absolute Gasteiger partial charge is 0.466 e. The minimum atomic E-state index is -3.66. The number of sulfone groups is 1. The van der Waals surface area contributed by atoms with Crippen molar-refractivity contribution in [2.24, 2.45) is 5.92 Å². The van der Waals surface area contributed by atoms with E-state index < -0.39 is 15.7 Å². The number of rotatable bonds is 6. The SMILES string of the molecule is CCOC(=O)C1CCN(C(=O)CN(C)C(=O)c2nc(S(C)(=O)=O)n3ccccc23)CC1. The van der Waals surface area contributed by atoms with Crippen molar-refractivity contribution in [3.8, 4) is 0 Å². The molecular weight excluding hydrogens is 424 g/mol. The van der Waals surface area contributed by atoms with E-state index in [0.717, 1.165) is 6.26 Å². The number of amides is 2. The highest BCUT2D eigenvalue weighted by molar-refractivity contribution is 7.90. The Morgan fingerprint density at radius 3 is 2.52 bits per heavy atom. The van der Waals surface area contributed by atoms with Crippen molar-refractivity contribution in [1.29, 1.82) is 0 Å². The average Bonchev–Trinajstić information content (AvgIpc) is 3.13. The fourth-order valence-corrected chi connectivity index (χ4v) is 4.38. The van der Waals surface area contributed by atoms with Gasteiger partial charge in [0.05, 0.1) is 24.6 Å². The van der Waals surface area contributed by atoms with Gasteiger partial charge in [0, 0.05) is 32.6 Å². The summed E-state index contributed by atoms with van der Waals surface area (Å²) in [5.74, 6) is -1.25. The molecule has 11 heteroatoms. The van der Waals surface area contributed by atoms with Crippen LogP contribution < -0.4 is 0 Å². The van der Waals surface area contributed by atoms with Gasteiger partial charge in [-0.1, -0.05) is 6.07 Å². The number of likely N-dealkylation sites (N-methyl/N-ethyl adjacent to an activating group) is 1. The lowest BCUT2D eigenvalue weighted by Crippen LogP contribution is -2.45. The van der Waals surface area contributed by atoms with Gasteiger partial charge in [-0.15, -0.1) is 0 Å². The van der Waals surface area contributed by atoms with Crippen molar-refractivity contribution in [2.45, 2.75) is 24.9 Å². The first-order valence-corrected chi connectivity index (χ1v) is 11.9. The van der Waals surface area contributed by atoms with Gasteiger partial charge in [0.1, 0.15) is 0 Å². The van der Waals surface area contributed by atoms with Crippen molar-refractivity contribution in [2.75, 3.05) is 39.5 Å². The van der Waals surface area contributed by atoms with Crippen LogP contribution in [0, 0.1) is 5.92 Å². The van der Waals surface area contributed by atoms with Crippen LogP contribution in [-0.4, -0.2) is 84.9 Å². The maximum atomic E-state index is 13.0. The van der Waals surface area contributed by atoms with E-state index in [2.05, 4.69) is 4.98 Å². The predicted octanol–water partition coefficient (Wildman–Crippen LogP) is 0.612. The van der Waals surface area contributed by atoms with Crippen LogP contribution in [0.2, 0.25) is 0 Å². The summed E-state index contributed by atoms with van der Waals surface area (Å²) in [5, 5.41) is -0.229. The van der Waals surface area contributed by atoms with E-state index in [0.29, 0.717) is 38.1 Å². The zero-order chi connectivity index (χ0) is 22.8. The molecule has 0 bridgehead atoms. The standard InChI is InChI=1S/C20H26N4O6S/c1-4-30-19(27)14-8-11-23(12-9-14)16(25)13-22(2)18(26)17-15-7-5-6-10-24(15)20(21-17)31(3,28)29/h5-7,10,14H,4,8-9,11-13H2,1-3H3. The van der Waals surface area contributed by atoms with Gasteiger partial charge in [-0.25, -0.2) is 13.4 Å². The Morgan fingerprint density at radius 1 is 1.23 bits per heavy atom. The van der Waals surface area contributed by atoms with Crippen LogP contribution in [0.15, 0.2) is 29.6 Å². The van der Waals surface area contributed by atoms with Gasteiger partial charge in [0.2, 0.25) is 20.9 Å². The van der Waals surface area contributed by atoms with E-state index in [1.165, 1.54) is 22.5 Å². The maximum Gasteiger partial charge on any atom is 0.309 e. The Labute approximate surface area is 180 Å². The quantitative estimate of drug-likeness (QED) is 0.592. The first-order valence-electron chi connectivity index (χ1n) is 10.0.